The fourth-order valence-electron chi connectivity index (χ4n) is 5.61. The number of hydrogen-bond acceptors (Lipinski definition) is 9. The van der Waals surface area contributed by atoms with Crippen LogP contribution in [0.3, 0.4) is 0 Å². The number of carboxylic acid groups (broad SMARTS) is 1. The average molecular weight is 641 g/mol. The maximum atomic E-state index is 13.0. The zero-order chi connectivity index (χ0) is 33.1. The predicted octanol–water partition coefficient (Wildman–Crippen LogP) is 6.53. The molecule has 1 heterocycles. The number of nitrogens with zero attached hydrogens (tertiary/aromatic N) is 2. The highest BCUT2D eigenvalue weighted by molar-refractivity contribution is 5.76. The highest BCUT2D eigenvalue weighted by Gasteiger charge is 2.39. The molecule has 0 aromatic rings. The first-order valence-electron chi connectivity index (χ1n) is 17.8. The maximum absolute atomic E-state index is 13.0. The molecule has 1 saturated heterocycles. The number of likely N-dealkylation sites (tertiary alicyclic amines) is 1. The van der Waals surface area contributed by atoms with Crippen molar-refractivity contribution in [3.63, 3.8) is 0 Å². The largest absolute Gasteiger partial charge is 0.481 e. The normalized spacial score (nSPS) is 16.6. The molecule has 0 bridgehead atoms. The number of carboxylic acids is 1. The summed E-state index contributed by atoms with van der Waals surface area (Å²) in [6.07, 6.45) is 18.6. The van der Waals surface area contributed by atoms with Crippen molar-refractivity contribution in [3.05, 3.63) is 0 Å². The van der Waals surface area contributed by atoms with E-state index in [0.717, 1.165) is 57.8 Å². The lowest BCUT2D eigenvalue weighted by molar-refractivity contribution is -0.151. The van der Waals surface area contributed by atoms with Gasteiger partial charge >= 0.3 is 23.9 Å². The van der Waals surface area contributed by atoms with Crippen LogP contribution < -0.4 is 0 Å². The summed E-state index contributed by atoms with van der Waals surface area (Å²) in [6.45, 7) is 4.85. The molecule has 0 spiro atoms. The van der Waals surface area contributed by atoms with Crippen LogP contribution in [0.5, 0.6) is 0 Å². The number of esters is 3. The van der Waals surface area contributed by atoms with Crippen molar-refractivity contribution in [1.82, 2.24) is 9.80 Å². The minimum Gasteiger partial charge on any atom is -0.481 e. The highest BCUT2D eigenvalue weighted by atomic mass is 16.6. The Morgan fingerprint density at radius 2 is 1.24 bits per heavy atom. The molecule has 1 unspecified atom stereocenters. The van der Waals surface area contributed by atoms with E-state index in [1.54, 1.807) is 0 Å². The van der Waals surface area contributed by atoms with E-state index in [-0.39, 0.29) is 30.4 Å². The van der Waals surface area contributed by atoms with Crippen LogP contribution >= 0.6 is 0 Å². The second-order valence-corrected chi connectivity index (χ2v) is 12.9. The molecule has 0 radical (unpaired) electrons. The molecule has 45 heavy (non-hydrogen) atoms. The topological polar surface area (TPSA) is 123 Å². The van der Waals surface area contributed by atoms with Gasteiger partial charge in [-0.15, -0.1) is 0 Å². The third-order valence-electron chi connectivity index (χ3n) is 8.31. The summed E-state index contributed by atoms with van der Waals surface area (Å²) in [6, 6.07) is -0.450. The molecule has 10 nitrogen and oxygen atoms in total. The molecular weight excluding hydrogens is 576 g/mol. The Morgan fingerprint density at radius 3 is 1.87 bits per heavy atom. The number of ether oxygens (including phenoxy) is 3. The van der Waals surface area contributed by atoms with E-state index in [4.69, 9.17) is 19.3 Å². The molecule has 0 aromatic heterocycles. The Hall–Kier alpha value is -2.20. The standard InChI is InChI=1S/C35H64N2O8/c1-4-5-6-7-8-9-10-13-19-26-43-33(40)22-17-15-18-24-37-29-30(45-34(41)23-25-36(2)3)28-31(37)35(42)44-27-20-14-11-12-16-21-32(38)39/h30-31H,4-29H2,1-3H3,(H,38,39)/t30?,31-/m0/s1. The zero-order valence-electron chi connectivity index (χ0n) is 28.7. The van der Waals surface area contributed by atoms with Gasteiger partial charge < -0.3 is 24.2 Å². The van der Waals surface area contributed by atoms with E-state index in [1.807, 2.05) is 19.0 Å². The van der Waals surface area contributed by atoms with Gasteiger partial charge in [0.05, 0.1) is 19.6 Å². The second kappa shape index (κ2) is 27.0. The lowest BCUT2D eigenvalue weighted by Gasteiger charge is -2.22. The minimum absolute atomic E-state index is 0.135. The summed E-state index contributed by atoms with van der Waals surface area (Å²) in [5.74, 6) is -1.45. The van der Waals surface area contributed by atoms with Gasteiger partial charge in [0, 0.05) is 32.4 Å². The van der Waals surface area contributed by atoms with E-state index < -0.39 is 12.0 Å². The van der Waals surface area contributed by atoms with E-state index >= 15 is 0 Å². The van der Waals surface area contributed by atoms with Crippen LogP contribution in [0, 0.1) is 0 Å². The molecule has 0 aromatic carbocycles. The number of aliphatic carboxylic acids is 1. The number of carbonyl (C=O) groups excluding carboxylic acids is 3. The first kappa shape index (κ1) is 40.8. The summed E-state index contributed by atoms with van der Waals surface area (Å²) in [5, 5.41) is 8.73. The first-order valence-corrected chi connectivity index (χ1v) is 17.8. The van der Waals surface area contributed by atoms with Gasteiger partial charge in [-0.25, -0.2) is 0 Å². The van der Waals surface area contributed by atoms with Gasteiger partial charge in [0.2, 0.25) is 0 Å². The number of rotatable bonds is 29. The van der Waals surface area contributed by atoms with Crippen LogP contribution in [0.2, 0.25) is 0 Å². The van der Waals surface area contributed by atoms with Crippen molar-refractivity contribution >= 4 is 23.9 Å². The van der Waals surface area contributed by atoms with Crippen molar-refractivity contribution < 1.29 is 38.5 Å². The van der Waals surface area contributed by atoms with Gasteiger partial charge in [-0.05, 0) is 52.7 Å². The molecular formula is C35H64N2O8. The molecule has 1 fully saturated rings. The minimum atomic E-state index is -0.770. The van der Waals surface area contributed by atoms with Crippen LogP contribution in [0.25, 0.3) is 0 Å². The van der Waals surface area contributed by atoms with Crippen LogP contribution in [-0.4, -0.2) is 97.9 Å². The van der Waals surface area contributed by atoms with Crippen LogP contribution in [0.15, 0.2) is 0 Å². The molecule has 1 rings (SSSR count). The van der Waals surface area contributed by atoms with Gasteiger partial charge in [-0.3, -0.25) is 24.1 Å². The molecule has 1 aliphatic rings. The quantitative estimate of drug-likeness (QED) is 0.0549. The summed E-state index contributed by atoms with van der Waals surface area (Å²) < 4.78 is 16.7. The lowest BCUT2D eigenvalue weighted by atomic mass is 10.1. The summed E-state index contributed by atoms with van der Waals surface area (Å²) in [5.41, 5.74) is 0. The molecule has 262 valence electrons. The van der Waals surface area contributed by atoms with E-state index in [9.17, 15) is 19.2 Å². The van der Waals surface area contributed by atoms with Gasteiger partial charge in [-0.1, -0.05) is 84.0 Å². The Bertz CT molecular complexity index is 807. The Kier molecular flexibility index (Phi) is 24.5. The molecule has 1 aliphatic heterocycles. The summed E-state index contributed by atoms with van der Waals surface area (Å²) >= 11 is 0. The molecule has 10 heteroatoms. The van der Waals surface area contributed by atoms with Gasteiger partial charge in [-0.2, -0.15) is 0 Å². The fraction of sp³-hybridized carbons (Fsp3) is 0.886. The van der Waals surface area contributed by atoms with E-state index in [0.29, 0.717) is 58.5 Å². The Balaban J connectivity index is 2.32. The van der Waals surface area contributed by atoms with Crippen molar-refractivity contribution in [2.24, 2.45) is 0 Å². The number of carbonyl (C=O) groups is 4. The maximum Gasteiger partial charge on any atom is 0.323 e. The predicted molar refractivity (Wildman–Crippen MR) is 176 cm³/mol. The van der Waals surface area contributed by atoms with Crippen molar-refractivity contribution in [2.75, 3.05) is 46.9 Å². The summed E-state index contributed by atoms with van der Waals surface area (Å²) in [4.78, 5) is 52.1. The monoisotopic (exact) mass is 640 g/mol. The van der Waals surface area contributed by atoms with Crippen molar-refractivity contribution in [1.29, 1.82) is 0 Å². The van der Waals surface area contributed by atoms with Crippen LogP contribution in [0.1, 0.15) is 142 Å². The Morgan fingerprint density at radius 1 is 0.689 bits per heavy atom. The van der Waals surface area contributed by atoms with Crippen LogP contribution in [-0.2, 0) is 33.4 Å². The van der Waals surface area contributed by atoms with Crippen molar-refractivity contribution in [2.45, 2.75) is 154 Å². The van der Waals surface area contributed by atoms with Gasteiger partial charge in [0.25, 0.3) is 0 Å². The molecule has 0 amide bonds. The molecule has 1 N–H and O–H groups in total. The SMILES string of the molecule is CCCCCCCCCCCOC(=O)CCCCCN1CC(OC(=O)CCN(C)C)C[C@H]1C(=O)OCCCCCCCC(=O)O. The molecule has 0 aliphatic carbocycles. The summed E-state index contributed by atoms with van der Waals surface area (Å²) in [7, 11) is 3.81. The molecule has 0 saturated carbocycles. The van der Waals surface area contributed by atoms with Gasteiger partial charge in [0.1, 0.15) is 12.1 Å². The van der Waals surface area contributed by atoms with E-state index in [1.165, 1.54) is 44.9 Å². The lowest BCUT2D eigenvalue weighted by Crippen LogP contribution is -2.38. The third-order valence-corrected chi connectivity index (χ3v) is 8.31. The van der Waals surface area contributed by atoms with E-state index in [2.05, 4.69) is 11.8 Å². The van der Waals surface area contributed by atoms with Gasteiger partial charge in [0.15, 0.2) is 0 Å². The second-order valence-electron chi connectivity index (χ2n) is 12.9. The highest BCUT2D eigenvalue weighted by Crippen LogP contribution is 2.23. The van der Waals surface area contributed by atoms with Crippen LogP contribution in [0.4, 0.5) is 0 Å². The third kappa shape index (κ3) is 22.9. The fourth-order valence-corrected chi connectivity index (χ4v) is 5.61. The number of hydrogen-bond donors (Lipinski definition) is 1. The Labute approximate surface area is 272 Å². The van der Waals surface area contributed by atoms with Crippen molar-refractivity contribution in [3.8, 4) is 0 Å². The zero-order valence-corrected chi connectivity index (χ0v) is 28.7. The smallest absolute Gasteiger partial charge is 0.323 e. The first-order chi connectivity index (χ1) is 21.7. The number of unbranched alkanes of at least 4 members (excludes halogenated alkanes) is 14. The average Bonchev–Trinajstić information content (AvgIpc) is 3.40. The molecule has 2 atom stereocenters.